The highest BCUT2D eigenvalue weighted by Gasteiger charge is 2.50. The summed E-state index contributed by atoms with van der Waals surface area (Å²) in [5.74, 6) is 0.620. The summed E-state index contributed by atoms with van der Waals surface area (Å²) in [6.07, 6.45) is 8.31. The summed E-state index contributed by atoms with van der Waals surface area (Å²) >= 11 is 12.5. The first-order valence-electron chi connectivity index (χ1n) is 14.0. The van der Waals surface area contributed by atoms with E-state index in [-0.39, 0.29) is 32.1 Å². The smallest absolute Gasteiger partial charge is 0.254 e. The van der Waals surface area contributed by atoms with Crippen molar-refractivity contribution < 1.29 is 13.2 Å². The minimum Gasteiger partial charge on any atom is -0.349 e. The first kappa shape index (κ1) is 28.0. The molecule has 1 amide bonds. The van der Waals surface area contributed by atoms with Crippen molar-refractivity contribution >= 4 is 50.2 Å². The minimum atomic E-state index is -4.08. The minimum absolute atomic E-state index is 0.0407. The molecule has 3 N–H and O–H groups in total. The fourth-order valence-electron chi connectivity index (χ4n) is 7.73. The van der Waals surface area contributed by atoms with Crippen molar-refractivity contribution in [3.63, 3.8) is 0 Å². The number of primary sulfonamides is 1. The number of carbonyl (C=O) groups is 1. The monoisotopic (exact) mass is 603 g/mol. The van der Waals surface area contributed by atoms with Crippen LogP contribution in [0, 0.1) is 6.92 Å². The number of nitrogens with two attached hydrogens (primary N) is 1. The predicted octanol–water partition coefficient (Wildman–Crippen LogP) is 5.60. The second-order valence-electron chi connectivity index (χ2n) is 12.0. The lowest BCUT2D eigenvalue weighted by Gasteiger charge is -2.52. The van der Waals surface area contributed by atoms with Gasteiger partial charge in [-0.1, -0.05) is 35.3 Å². The van der Waals surface area contributed by atoms with Gasteiger partial charge in [0.05, 0.1) is 26.6 Å². The maximum Gasteiger partial charge on any atom is 0.254 e. The molecule has 6 rings (SSSR count). The van der Waals surface area contributed by atoms with Crippen molar-refractivity contribution in [1.29, 1.82) is 0 Å². The maximum atomic E-state index is 13.1. The fourth-order valence-corrected chi connectivity index (χ4v) is 9.20. The zero-order valence-electron chi connectivity index (χ0n) is 22.7. The Hall–Kier alpha value is -2.17. The van der Waals surface area contributed by atoms with Crippen LogP contribution in [0.15, 0.2) is 41.3 Å². The van der Waals surface area contributed by atoms with Crippen molar-refractivity contribution in [2.45, 2.75) is 99.8 Å². The van der Waals surface area contributed by atoms with E-state index in [4.69, 9.17) is 33.3 Å². The third kappa shape index (κ3) is 4.83. The van der Waals surface area contributed by atoms with E-state index in [1.54, 1.807) is 0 Å². The van der Waals surface area contributed by atoms with Crippen molar-refractivity contribution in [2.75, 3.05) is 0 Å². The number of rotatable bonds is 5. The zero-order valence-corrected chi connectivity index (χ0v) is 25.1. The molecule has 1 saturated carbocycles. The number of piperidine rings is 1. The van der Waals surface area contributed by atoms with Gasteiger partial charge in [0.2, 0.25) is 10.0 Å². The van der Waals surface area contributed by atoms with Crippen LogP contribution in [0.5, 0.6) is 0 Å². The molecule has 3 fully saturated rings. The number of aromatic nitrogens is 2. The van der Waals surface area contributed by atoms with Crippen LogP contribution in [-0.2, 0) is 10.0 Å². The molecule has 2 aromatic carbocycles. The van der Waals surface area contributed by atoms with Gasteiger partial charge in [-0.25, -0.2) is 18.5 Å². The molecular formula is C29H35Cl2N5O3S. The Morgan fingerprint density at radius 3 is 2.33 bits per heavy atom. The van der Waals surface area contributed by atoms with E-state index in [0.717, 1.165) is 49.9 Å². The maximum absolute atomic E-state index is 13.1. The molecule has 3 atom stereocenters. The molecule has 3 aromatic rings. The molecule has 3 aliphatic rings. The summed E-state index contributed by atoms with van der Waals surface area (Å²) in [6, 6.07) is 12.5. The number of fused-ring (bicyclic) bond motifs is 3. The summed E-state index contributed by atoms with van der Waals surface area (Å²) in [6.45, 7) is 4.51. The molecule has 1 aliphatic carbocycles. The quantitative estimate of drug-likeness (QED) is 0.394. The summed E-state index contributed by atoms with van der Waals surface area (Å²) < 4.78 is 26.2. The first-order valence-corrected chi connectivity index (χ1v) is 16.3. The third-order valence-electron chi connectivity index (χ3n) is 9.46. The summed E-state index contributed by atoms with van der Waals surface area (Å²) in [7, 11) is -4.08. The van der Waals surface area contributed by atoms with Crippen molar-refractivity contribution in [3.05, 3.63) is 57.8 Å². The van der Waals surface area contributed by atoms with Gasteiger partial charge in [0.1, 0.15) is 10.7 Å². The Kier molecular flexibility index (Phi) is 7.19. The van der Waals surface area contributed by atoms with Gasteiger partial charge < -0.3 is 9.88 Å². The van der Waals surface area contributed by atoms with Crippen LogP contribution in [0.3, 0.4) is 0 Å². The van der Waals surface area contributed by atoms with Crippen LogP contribution in [0.1, 0.15) is 80.5 Å². The Labute approximate surface area is 245 Å². The van der Waals surface area contributed by atoms with E-state index in [9.17, 15) is 13.2 Å². The number of nitrogens with one attached hydrogen (secondary N) is 1. The van der Waals surface area contributed by atoms with E-state index < -0.39 is 15.9 Å². The fraction of sp³-hybridized carbons (Fsp3) is 0.517. The van der Waals surface area contributed by atoms with E-state index in [2.05, 4.69) is 52.9 Å². The number of benzene rings is 2. The first-order chi connectivity index (χ1) is 19.0. The Morgan fingerprint density at radius 2 is 1.68 bits per heavy atom. The van der Waals surface area contributed by atoms with E-state index >= 15 is 0 Å². The van der Waals surface area contributed by atoms with Gasteiger partial charge >= 0.3 is 0 Å². The molecular weight excluding hydrogens is 569 g/mol. The summed E-state index contributed by atoms with van der Waals surface area (Å²) in [5, 5.41) is 8.16. The standard InChI is InChI=1S/C29H35Cl2N5O3S/c1-17-33-23-5-3-4-6-24(23)35(17)21-15-19-7-8-20(16-21)36(19)29(2)13-11-18(12-14-29)34-28(37)26-22(30)9-10-25(27(26)31)40(32,38)39/h3-6,9-10,18-21H,7-8,11-16H2,1-2H3,(H,34,37)(H2,32,38,39)/t18?,19-,20+,21?,29?. The highest BCUT2D eigenvalue weighted by Crippen LogP contribution is 2.49. The number of para-hydroxylation sites is 2. The molecule has 2 saturated heterocycles. The molecule has 11 heteroatoms. The van der Waals surface area contributed by atoms with Crippen LogP contribution < -0.4 is 10.5 Å². The predicted molar refractivity (Wildman–Crippen MR) is 157 cm³/mol. The number of halogens is 2. The normalized spacial score (nSPS) is 29.1. The van der Waals surface area contributed by atoms with Gasteiger partial charge in [0.15, 0.2) is 0 Å². The molecule has 40 heavy (non-hydrogen) atoms. The van der Waals surface area contributed by atoms with E-state index in [0.29, 0.717) is 18.1 Å². The number of amides is 1. The molecule has 8 nitrogen and oxygen atoms in total. The molecule has 1 unspecified atom stereocenters. The number of hydrogen-bond donors (Lipinski definition) is 2. The molecule has 0 spiro atoms. The largest absolute Gasteiger partial charge is 0.349 e. The van der Waals surface area contributed by atoms with Gasteiger partial charge in [-0.2, -0.15) is 0 Å². The molecule has 0 radical (unpaired) electrons. The Balaban J connectivity index is 1.13. The second kappa shape index (κ2) is 10.3. The lowest BCUT2D eigenvalue weighted by Crippen LogP contribution is -2.58. The number of hydrogen-bond acceptors (Lipinski definition) is 5. The summed E-state index contributed by atoms with van der Waals surface area (Å²) in [5.41, 5.74) is 2.33. The number of carbonyl (C=O) groups excluding carboxylic acids is 1. The molecule has 2 aliphatic heterocycles. The molecule has 214 valence electrons. The SMILES string of the molecule is Cc1nc2ccccc2n1C1C[C@H]2CC[C@@H](C1)N2C1(C)CCC(NC(=O)c2c(Cl)ccc(S(N)(=O)=O)c2Cl)CC1. The Morgan fingerprint density at radius 1 is 1.02 bits per heavy atom. The topological polar surface area (TPSA) is 110 Å². The number of sulfonamides is 1. The molecule has 1 aromatic heterocycles. The lowest BCUT2D eigenvalue weighted by atomic mass is 9.77. The highest BCUT2D eigenvalue weighted by molar-refractivity contribution is 7.89. The van der Waals surface area contributed by atoms with Crippen LogP contribution in [0.2, 0.25) is 10.0 Å². The Bertz CT molecular complexity index is 1570. The van der Waals surface area contributed by atoms with Crippen molar-refractivity contribution in [1.82, 2.24) is 19.8 Å². The van der Waals surface area contributed by atoms with Gasteiger partial charge in [-0.05, 0) is 89.5 Å². The number of nitrogens with zero attached hydrogens (tertiary/aromatic N) is 3. The average molecular weight is 605 g/mol. The van der Waals surface area contributed by atoms with Crippen LogP contribution in [0.25, 0.3) is 11.0 Å². The number of imidazole rings is 1. The number of aryl methyl sites for hydroxylation is 1. The van der Waals surface area contributed by atoms with Gasteiger partial charge in [-0.15, -0.1) is 0 Å². The summed E-state index contributed by atoms with van der Waals surface area (Å²) in [4.78, 5) is 20.5. The second-order valence-corrected chi connectivity index (χ2v) is 14.3. The van der Waals surface area contributed by atoms with E-state index in [1.165, 1.54) is 30.5 Å². The van der Waals surface area contributed by atoms with Crippen LogP contribution in [0.4, 0.5) is 0 Å². The molecule has 2 bridgehead atoms. The molecule has 3 heterocycles. The van der Waals surface area contributed by atoms with Gasteiger partial charge in [0, 0.05) is 29.7 Å². The van der Waals surface area contributed by atoms with Crippen molar-refractivity contribution in [3.8, 4) is 0 Å². The third-order valence-corrected chi connectivity index (χ3v) is 11.2. The zero-order chi connectivity index (χ0) is 28.4. The van der Waals surface area contributed by atoms with Crippen LogP contribution in [-0.4, -0.2) is 52.4 Å². The van der Waals surface area contributed by atoms with Gasteiger partial charge in [0.25, 0.3) is 5.91 Å². The highest BCUT2D eigenvalue weighted by atomic mass is 35.5. The van der Waals surface area contributed by atoms with E-state index in [1.807, 2.05) is 0 Å². The van der Waals surface area contributed by atoms with Crippen molar-refractivity contribution in [2.24, 2.45) is 5.14 Å². The van der Waals surface area contributed by atoms with Gasteiger partial charge in [-0.3, -0.25) is 9.69 Å². The average Bonchev–Trinajstić information content (AvgIpc) is 3.37. The lowest BCUT2D eigenvalue weighted by molar-refractivity contribution is -0.0203. The van der Waals surface area contributed by atoms with Crippen LogP contribution >= 0.6 is 23.2 Å².